The van der Waals surface area contributed by atoms with Gasteiger partial charge < -0.3 is 20.2 Å². The first-order valence-electron chi connectivity index (χ1n) is 13.2. The Kier molecular flexibility index (Phi) is 7.25. The largest absolute Gasteiger partial charge is 0.478 e. The molecule has 0 radical (unpaired) electrons. The molecule has 1 fully saturated rings. The van der Waals surface area contributed by atoms with Crippen LogP contribution in [0.4, 0.5) is 11.6 Å². The number of carboxylic acids is 1. The van der Waals surface area contributed by atoms with E-state index in [1.807, 2.05) is 43.9 Å². The van der Waals surface area contributed by atoms with E-state index in [0.29, 0.717) is 54.3 Å². The highest BCUT2D eigenvalue weighted by atomic mass is 16.4. The molecule has 0 saturated carbocycles. The molecule has 4 aromatic rings. The molecule has 0 bridgehead atoms. The van der Waals surface area contributed by atoms with Gasteiger partial charge in [-0.2, -0.15) is 0 Å². The van der Waals surface area contributed by atoms with Gasteiger partial charge in [0.1, 0.15) is 0 Å². The van der Waals surface area contributed by atoms with Gasteiger partial charge in [0.2, 0.25) is 5.95 Å². The molecule has 40 heavy (non-hydrogen) atoms. The minimum absolute atomic E-state index is 0.0631. The summed E-state index contributed by atoms with van der Waals surface area (Å²) in [5.41, 5.74) is 4.20. The maximum Gasteiger partial charge on any atom is 0.337 e. The summed E-state index contributed by atoms with van der Waals surface area (Å²) < 4.78 is 1.56. The first kappa shape index (κ1) is 26.9. The van der Waals surface area contributed by atoms with Gasteiger partial charge in [-0.25, -0.2) is 9.78 Å². The van der Waals surface area contributed by atoms with Crippen molar-refractivity contribution in [1.29, 1.82) is 0 Å². The smallest absolute Gasteiger partial charge is 0.337 e. The van der Waals surface area contributed by atoms with Gasteiger partial charge >= 0.3 is 5.97 Å². The van der Waals surface area contributed by atoms with E-state index in [0.717, 1.165) is 16.8 Å². The number of hydrogen-bond donors (Lipinski definition) is 2. The molecule has 1 saturated heterocycles. The normalized spacial score (nSPS) is 14.3. The average molecular weight is 541 g/mol. The van der Waals surface area contributed by atoms with Crippen LogP contribution in [0.25, 0.3) is 10.9 Å². The fraction of sp³-hybridized carbons (Fsp3) is 0.300. The first-order valence-corrected chi connectivity index (χ1v) is 13.2. The zero-order valence-electron chi connectivity index (χ0n) is 23.0. The highest BCUT2D eigenvalue weighted by Gasteiger charge is 2.26. The van der Waals surface area contributed by atoms with Crippen LogP contribution in [0.5, 0.6) is 0 Å². The second kappa shape index (κ2) is 10.8. The lowest BCUT2D eigenvalue weighted by atomic mass is 10.0. The number of aromatic nitrogens is 3. The highest BCUT2D eigenvalue weighted by Crippen LogP contribution is 2.29. The molecule has 1 aliphatic rings. The quantitative estimate of drug-likeness (QED) is 0.379. The highest BCUT2D eigenvalue weighted by molar-refractivity contribution is 5.95. The number of carbonyl (C=O) groups excluding carboxylic acids is 1. The third kappa shape index (κ3) is 5.12. The number of para-hydroxylation sites is 1. The molecular formula is C30H32N6O4. The van der Waals surface area contributed by atoms with Crippen LogP contribution in [0.15, 0.2) is 59.5 Å². The third-order valence-electron chi connectivity index (χ3n) is 7.33. The van der Waals surface area contributed by atoms with Crippen LogP contribution >= 0.6 is 0 Å². The summed E-state index contributed by atoms with van der Waals surface area (Å²) in [6, 6.07) is 13.8. The Morgan fingerprint density at radius 2 is 1.75 bits per heavy atom. The van der Waals surface area contributed by atoms with E-state index in [9.17, 15) is 19.5 Å². The Labute approximate surface area is 231 Å². The SMILES string of the molecule is Cc1cc(C(C)Nc2ccccc2C(=O)O)c2nc(N3CCN(C(=O)c4ccc(C)nc4)CC3)n(C)c(=O)c2c1. The minimum atomic E-state index is -1.02. The zero-order chi connectivity index (χ0) is 28.6. The predicted octanol–water partition coefficient (Wildman–Crippen LogP) is 3.78. The molecule has 2 aromatic heterocycles. The van der Waals surface area contributed by atoms with Crippen molar-refractivity contribution in [3.05, 3.63) is 93.0 Å². The van der Waals surface area contributed by atoms with Crippen LogP contribution in [-0.2, 0) is 7.05 Å². The molecule has 3 heterocycles. The second-order valence-electron chi connectivity index (χ2n) is 10.2. The number of fused-ring (bicyclic) bond motifs is 1. The summed E-state index contributed by atoms with van der Waals surface area (Å²) in [4.78, 5) is 51.3. The molecular weight excluding hydrogens is 508 g/mol. The number of carbonyl (C=O) groups is 2. The average Bonchev–Trinajstić information content (AvgIpc) is 2.95. The van der Waals surface area contributed by atoms with Gasteiger partial charge in [0.05, 0.1) is 28.1 Å². The van der Waals surface area contributed by atoms with Crippen LogP contribution in [0.1, 0.15) is 50.5 Å². The summed E-state index contributed by atoms with van der Waals surface area (Å²) in [6.07, 6.45) is 1.60. The van der Waals surface area contributed by atoms with E-state index < -0.39 is 5.97 Å². The zero-order valence-corrected chi connectivity index (χ0v) is 23.0. The van der Waals surface area contributed by atoms with E-state index in [2.05, 4.69) is 10.3 Å². The van der Waals surface area contributed by atoms with Gasteiger partial charge in [-0.05, 0) is 56.7 Å². The molecule has 1 amide bonds. The minimum Gasteiger partial charge on any atom is -0.478 e. The van der Waals surface area contributed by atoms with Gasteiger partial charge in [-0.1, -0.05) is 18.2 Å². The summed E-state index contributed by atoms with van der Waals surface area (Å²) >= 11 is 0. The monoisotopic (exact) mass is 540 g/mol. The topological polar surface area (TPSA) is 121 Å². The standard InChI is InChI=1S/C30H32N6O4/c1-18-15-23(20(3)32-25-8-6-5-7-22(25)29(39)40)26-24(16-18)28(38)34(4)30(33-26)36-13-11-35(12-14-36)27(37)21-10-9-19(2)31-17-21/h5-10,15-17,20,32H,11-14H2,1-4H3,(H,39,40). The van der Waals surface area contributed by atoms with Gasteiger partial charge in [0, 0.05) is 56.4 Å². The van der Waals surface area contributed by atoms with Crippen molar-refractivity contribution in [2.45, 2.75) is 26.8 Å². The Balaban J connectivity index is 1.45. The molecule has 1 aliphatic heterocycles. The van der Waals surface area contributed by atoms with Crippen molar-refractivity contribution in [3.8, 4) is 0 Å². The summed E-state index contributed by atoms with van der Waals surface area (Å²) in [7, 11) is 1.71. The number of benzene rings is 2. The number of pyridine rings is 1. The number of hydrogen-bond acceptors (Lipinski definition) is 7. The molecule has 0 spiro atoms. The molecule has 1 unspecified atom stereocenters. The molecule has 2 N–H and O–H groups in total. The third-order valence-corrected chi connectivity index (χ3v) is 7.33. The number of aromatic carboxylic acids is 1. The van der Waals surface area contributed by atoms with E-state index in [1.165, 1.54) is 0 Å². The van der Waals surface area contributed by atoms with E-state index in [-0.39, 0.29) is 23.1 Å². The Bertz CT molecular complexity index is 1660. The van der Waals surface area contributed by atoms with Crippen LogP contribution in [0, 0.1) is 13.8 Å². The number of nitrogens with one attached hydrogen (secondary N) is 1. The molecule has 2 aromatic carbocycles. The van der Waals surface area contributed by atoms with Gasteiger partial charge in [-0.15, -0.1) is 0 Å². The maximum atomic E-state index is 13.5. The van der Waals surface area contributed by atoms with Crippen LogP contribution in [0.2, 0.25) is 0 Å². The number of amides is 1. The summed E-state index contributed by atoms with van der Waals surface area (Å²) in [5, 5.41) is 13.4. The van der Waals surface area contributed by atoms with Gasteiger partial charge in [-0.3, -0.25) is 19.1 Å². The molecule has 1 atom stereocenters. The molecule has 10 heteroatoms. The second-order valence-corrected chi connectivity index (χ2v) is 10.2. The number of aryl methyl sites for hydroxylation is 2. The van der Waals surface area contributed by atoms with Gasteiger partial charge in [0.15, 0.2) is 0 Å². The lowest BCUT2D eigenvalue weighted by Gasteiger charge is -2.36. The number of carboxylic acid groups (broad SMARTS) is 1. The lowest BCUT2D eigenvalue weighted by molar-refractivity contribution is 0.0696. The van der Waals surface area contributed by atoms with Crippen molar-refractivity contribution in [2.24, 2.45) is 7.05 Å². The first-order chi connectivity index (χ1) is 19.1. The van der Waals surface area contributed by atoms with E-state index in [4.69, 9.17) is 4.98 Å². The van der Waals surface area contributed by atoms with Crippen molar-refractivity contribution in [2.75, 3.05) is 36.4 Å². The Morgan fingerprint density at radius 3 is 2.42 bits per heavy atom. The number of anilines is 2. The van der Waals surface area contributed by atoms with Crippen molar-refractivity contribution < 1.29 is 14.7 Å². The Hall–Kier alpha value is -4.73. The van der Waals surface area contributed by atoms with Crippen LogP contribution in [-0.4, -0.2) is 62.6 Å². The number of rotatable bonds is 6. The molecule has 206 valence electrons. The van der Waals surface area contributed by atoms with Crippen molar-refractivity contribution >= 4 is 34.4 Å². The van der Waals surface area contributed by atoms with Crippen molar-refractivity contribution in [3.63, 3.8) is 0 Å². The number of piperazine rings is 1. The summed E-state index contributed by atoms with van der Waals surface area (Å²) in [5.74, 6) is -0.549. The van der Waals surface area contributed by atoms with Crippen LogP contribution < -0.4 is 15.8 Å². The van der Waals surface area contributed by atoms with Crippen molar-refractivity contribution in [1.82, 2.24) is 19.4 Å². The fourth-order valence-corrected chi connectivity index (χ4v) is 5.15. The predicted molar refractivity (Wildman–Crippen MR) is 154 cm³/mol. The molecule has 0 aliphatic carbocycles. The molecule has 10 nitrogen and oxygen atoms in total. The maximum absolute atomic E-state index is 13.5. The van der Waals surface area contributed by atoms with Crippen LogP contribution in [0.3, 0.4) is 0 Å². The van der Waals surface area contributed by atoms with E-state index >= 15 is 0 Å². The fourth-order valence-electron chi connectivity index (χ4n) is 5.15. The van der Waals surface area contributed by atoms with E-state index in [1.54, 1.807) is 53.0 Å². The number of nitrogens with zero attached hydrogens (tertiary/aromatic N) is 5. The summed E-state index contributed by atoms with van der Waals surface area (Å²) in [6.45, 7) is 7.77. The van der Waals surface area contributed by atoms with Gasteiger partial charge in [0.25, 0.3) is 11.5 Å². The Morgan fingerprint density at radius 1 is 1.02 bits per heavy atom. The molecule has 5 rings (SSSR count). The lowest BCUT2D eigenvalue weighted by Crippen LogP contribution is -2.50.